The molecule has 18 heavy (non-hydrogen) atoms. The predicted molar refractivity (Wildman–Crippen MR) is 72.0 cm³/mol. The first-order chi connectivity index (χ1) is 8.68. The van der Waals surface area contributed by atoms with Crippen molar-refractivity contribution >= 4 is 5.91 Å². The topological polar surface area (TPSA) is 29.5 Å². The fraction of sp³-hybridized carbons (Fsp3) is 0.533. The van der Waals surface area contributed by atoms with Crippen LogP contribution in [0.1, 0.15) is 42.5 Å². The van der Waals surface area contributed by atoms with Gasteiger partial charge in [-0.1, -0.05) is 18.6 Å². The van der Waals surface area contributed by atoms with E-state index in [0.29, 0.717) is 5.56 Å². The molecule has 1 aromatic carbocycles. The number of ether oxygens (including phenoxy) is 1. The molecule has 0 N–H and O–H groups in total. The lowest BCUT2D eigenvalue weighted by Crippen LogP contribution is -2.25. The van der Waals surface area contributed by atoms with Gasteiger partial charge in [0.25, 0.3) is 5.91 Å². The van der Waals surface area contributed by atoms with Crippen LogP contribution in [0.3, 0.4) is 0 Å². The average molecular weight is 247 g/mol. The minimum absolute atomic E-state index is 0.00131. The van der Waals surface area contributed by atoms with E-state index in [4.69, 9.17) is 4.74 Å². The summed E-state index contributed by atoms with van der Waals surface area (Å²) in [6.45, 7) is 0. The molecule has 0 bridgehead atoms. The van der Waals surface area contributed by atoms with Crippen LogP contribution >= 0.6 is 0 Å². The van der Waals surface area contributed by atoms with Gasteiger partial charge < -0.3 is 9.64 Å². The van der Waals surface area contributed by atoms with Gasteiger partial charge in [0.1, 0.15) is 5.75 Å². The summed E-state index contributed by atoms with van der Waals surface area (Å²) in [4.78, 5) is 13.6. The van der Waals surface area contributed by atoms with Crippen molar-refractivity contribution in [2.45, 2.75) is 38.2 Å². The van der Waals surface area contributed by atoms with Gasteiger partial charge in [-0.05, 0) is 37.8 Å². The summed E-state index contributed by atoms with van der Waals surface area (Å²) >= 11 is 0. The molecule has 1 saturated carbocycles. The van der Waals surface area contributed by atoms with Crippen LogP contribution < -0.4 is 4.74 Å². The Morgan fingerprint density at radius 1 is 1.17 bits per heavy atom. The van der Waals surface area contributed by atoms with Crippen molar-refractivity contribution < 1.29 is 9.53 Å². The minimum Gasteiger partial charge on any atom is -0.490 e. The largest absolute Gasteiger partial charge is 0.490 e. The molecular weight excluding hydrogens is 226 g/mol. The lowest BCUT2D eigenvalue weighted by molar-refractivity contribution is 0.0816. The quantitative estimate of drug-likeness (QED) is 0.821. The number of nitrogens with zero attached hydrogens (tertiary/aromatic N) is 1. The van der Waals surface area contributed by atoms with Gasteiger partial charge in [0.2, 0.25) is 0 Å². The second-order valence-electron chi connectivity index (χ2n) is 5.07. The van der Waals surface area contributed by atoms with Crippen molar-refractivity contribution in [3.63, 3.8) is 0 Å². The minimum atomic E-state index is 0.00131. The SMILES string of the molecule is CN(C)C(=O)c1ccccc1OC1CCCCC1. The number of benzene rings is 1. The van der Waals surface area contributed by atoms with Gasteiger partial charge in [-0.15, -0.1) is 0 Å². The lowest BCUT2D eigenvalue weighted by atomic mass is 9.97. The van der Waals surface area contributed by atoms with Gasteiger partial charge in [0.05, 0.1) is 11.7 Å². The third kappa shape index (κ3) is 3.03. The summed E-state index contributed by atoms with van der Waals surface area (Å²) in [6, 6.07) is 7.53. The molecule has 0 radical (unpaired) electrons. The highest BCUT2D eigenvalue weighted by Crippen LogP contribution is 2.26. The summed E-state index contributed by atoms with van der Waals surface area (Å²) in [5.74, 6) is 0.726. The fourth-order valence-electron chi connectivity index (χ4n) is 2.35. The first-order valence-corrected chi connectivity index (χ1v) is 6.66. The molecule has 0 heterocycles. The molecule has 1 amide bonds. The third-order valence-electron chi connectivity index (χ3n) is 3.37. The van der Waals surface area contributed by atoms with Crippen molar-refractivity contribution in [3.8, 4) is 5.75 Å². The van der Waals surface area contributed by atoms with Crippen molar-refractivity contribution in [2.75, 3.05) is 14.1 Å². The molecule has 0 aliphatic heterocycles. The van der Waals surface area contributed by atoms with E-state index in [1.165, 1.54) is 19.3 Å². The first kappa shape index (κ1) is 12.9. The van der Waals surface area contributed by atoms with Gasteiger partial charge in [-0.2, -0.15) is 0 Å². The second-order valence-corrected chi connectivity index (χ2v) is 5.07. The lowest BCUT2D eigenvalue weighted by Gasteiger charge is -2.24. The molecule has 2 rings (SSSR count). The summed E-state index contributed by atoms with van der Waals surface area (Å²) in [5, 5.41) is 0. The summed E-state index contributed by atoms with van der Waals surface area (Å²) in [5.41, 5.74) is 0.660. The van der Waals surface area contributed by atoms with Gasteiger partial charge in [0.15, 0.2) is 0 Å². The maximum atomic E-state index is 12.1. The third-order valence-corrected chi connectivity index (χ3v) is 3.37. The van der Waals surface area contributed by atoms with Crippen LogP contribution in [0.25, 0.3) is 0 Å². The van der Waals surface area contributed by atoms with E-state index in [2.05, 4.69) is 0 Å². The molecule has 0 aromatic heterocycles. The van der Waals surface area contributed by atoms with E-state index in [1.54, 1.807) is 19.0 Å². The Bertz CT molecular complexity index is 409. The molecule has 0 saturated heterocycles. The zero-order valence-corrected chi connectivity index (χ0v) is 11.2. The van der Waals surface area contributed by atoms with Gasteiger partial charge in [0, 0.05) is 14.1 Å². The molecule has 3 heteroatoms. The van der Waals surface area contributed by atoms with E-state index in [0.717, 1.165) is 18.6 Å². The highest BCUT2D eigenvalue weighted by atomic mass is 16.5. The maximum absolute atomic E-state index is 12.1. The number of amides is 1. The summed E-state index contributed by atoms with van der Waals surface area (Å²) in [7, 11) is 3.53. The van der Waals surface area contributed by atoms with Crippen LogP contribution in [-0.2, 0) is 0 Å². The van der Waals surface area contributed by atoms with E-state index in [9.17, 15) is 4.79 Å². The van der Waals surface area contributed by atoms with E-state index in [1.807, 2.05) is 24.3 Å². The molecule has 1 aromatic rings. The Hall–Kier alpha value is -1.51. The predicted octanol–water partition coefficient (Wildman–Crippen LogP) is 3.10. The highest BCUT2D eigenvalue weighted by Gasteiger charge is 2.19. The zero-order chi connectivity index (χ0) is 13.0. The summed E-state index contributed by atoms with van der Waals surface area (Å²) in [6.07, 6.45) is 6.24. The standard InChI is InChI=1S/C15H21NO2/c1-16(2)15(17)13-10-6-7-11-14(13)18-12-8-4-3-5-9-12/h6-7,10-12H,3-5,8-9H2,1-2H3. The Morgan fingerprint density at radius 2 is 1.83 bits per heavy atom. The fourth-order valence-corrected chi connectivity index (χ4v) is 2.35. The maximum Gasteiger partial charge on any atom is 0.257 e. The van der Waals surface area contributed by atoms with E-state index >= 15 is 0 Å². The molecule has 1 aliphatic carbocycles. The number of carbonyl (C=O) groups excluding carboxylic acids is 1. The molecule has 1 fully saturated rings. The molecule has 0 spiro atoms. The number of hydrogen-bond acceptors (Lipinski definition) is 2. The normalized spacial score (nSPS) is 16.3. The van der Waals surface area contributed by atoms with Gasteiger partial charge in [-0.25, -0.2) is 0 Å². The van der Waals surface area contributed by atoms with Gasteiger partial charge >= 0.3 is 0 Å². The Labute approximate surface area is 109 Å². The van der Waals surface area contributed by atoms with Crippen LogP contribution in [0, 0.1) is 0 Å². The van der Waals surface area contributed by atoms with Crippen molar-refractivity contribution in [1.82, 2.24) is 4.90 Å². The van der Waals surface area contributed by atoms with Gasteiger partial charge in [-0.3, -0.25) is 4.79 Å². The molecule has 1 aliphatic rings. The van der Waals surface area contributed by atoms with Crippen molar-refractivity contribution in [2.24, 2.45) is 0 Å². The van der Waals surface area contributed by atoms with Crippen molar-refractivity contribution in [3.05, 3.63) is 29.8 Å². The number of carbonyl (C=O) groups is 1. The average Bonchev–Trinajstić information content (AvgIpc) is 2.39. The second kappa shape index (κ2) is 5.89. The molecule has 0 unspecified atom stereocenters. The van der Waals surface area contributed by atoms with Crippen LogP contribution in [0.4, 0.5) is 0 Å². The Morgan fingerprint density at radius 3 is 2.50 bits per heavy atom. The molecular formula is C15H21NO2. The summed E-state index contributed by atoms with van der Waals surface area (Å²) < 4.78 is 6.01. The smallest absolute Gasteiger partial charge is 0.257 e. The van der Waals surface area contributed by atoms with Crippen molar-refractivity contribution in [1.29, 1.82) is 0 Å². The highest BCUT2D eigenvalue weighted by molar-refractivity contribution is 5.96. The van der Waals surface area contributed by atoms with E-state index < -0.39 is 0 Å². The molecule has 98 valence electrons. The van der Waals surface area contributed by atoms with Crippen LogP contribution in [-0.4, -0.2) is 31.0 Å². The molecule has 3 nitrogen and oxygen atoms in total. The Kier molecular flexibility index (Phi) is 4.24. The number of rotatable bonds is 3. The first-order valence-electron chi connectivity index (χ1n) is 6.66. The Balaban J connectivity index is 2.14. The van der Waals surface area contributed by atoms with Crippen LogP contribution in [0.15, 0.2) is 24.3 Å². The van der Waals surface area contributed by atoms with E-state index in [-0.39, 0.29) is 12.0 Å². The number of para-hydroxylation sites is 1. The van der Waals surface area contributed by atoms with Crippen LogP contribution in [0.2, 0.25) is 0 Å². The molecule has 0 atom stereocenters. The van der Waals surface area contributed by atoms with Crippen LogP contribution in [0.5, 0.6) is 5.75 Å². The number of hydrogen-bond donors (Lipinski definition) is 0. The zero-order valence-electron chi connectivity index (χ0n) is 11.2. The monoisotopic (exact) mass is 247 g/mol.